The monoisotopic (exact) mass is 408 g/mol. The van der Waals surface area contributed by atoms with Crippen molar-refractivity contribution in [3.63, 3.8) is 0 Å². The summed E-state index contributed by atoms with van der Waals surface area (Å²) in [5.41, 5.74) is 10.5. The summed E-state index contributed by atoms with van der Waals surface area (Å²) in [6.07, 6.45) is 13.2. The van der Waals surface area contributed by atoms with Crippen LogP contribution in [-0.4, -0.2) is 0 Å². The van der Waals surface area contributed by atoms with Crippen LogP contribution in [-0.2, 0) is 12.8 Å². The molecule has 2 aromatic rings. The molecule has 0 fully saturated rings. The molecule has 2 aromatic carbocycles. The summed E-state index contributed by atoms with van der Waals surface area (Å²) in [5.74, 6) is 0.968. The van der Waals surface area contributed by atoms with Crippen LogP contribution in [0.15, 0.2) is 101 Å². The van der Waals surface area contributed by atoms with E-state index in [1.165, 1.54) is 33.4 Å². The summed E-state index contributed by atoms with van der Waals surface area (Å²) < 4.78 is 0. The zero-order valence-corrected chi connectivity index (χ0v) is 19.8. The van der Waals surface area contributed by atoms with Gasteiger partial charge in [-0.2, -0.15) is 0 Å². The highest BCUT2D eigenvalue weighted by atomic mass is 14.4. The number of hydrogen-bond acceptors (Lipinski definition) is 0. The van der Waals surface area contributed by atoms with E-state index in [4.69, 9.17) is 0 Å². The minimum Gasteiger partial charge on any atom is -0.0729 e. The van der Waals surface area contributed by atoms with E-state index in [-0.39, 0.29) is 5.41 Å². The van der Waals surface area contributed by atoms with Crippen LogP contribution < -0.4 is 0 Å². The quantitative estimate of drug-likeness (QED) is 0.452. The number of rotatable bonds is 6. The normalized spacial score (nSPS) is 20.9. The van der Waals surface area contributed by atoms with Crippen molar-refractivity contribution in [2.45, 2.75) is 53.9 Å². The lowest BCUT2D eigenvalue weighted by Gasteiger charge is -2.21. The van der Waals surface area contributed by atoms with Crippen molar-refractivity contribution >= 4 is 0 Å². The molecule has 0 aliphatic heterocycles. The Bertz CT molecular complexity index is 1030. The molecule has 0 radical (unpaired) electrons. The first-order valence-electron chi connectivity index (χ1n) is 11.8. The van der Waals surface area contributed by atoms with Gasteiger partial charge in [0.25, 0.3) is 0 Å². The average Bonchev–Trinajstić information content (AvgIpc) is 3.32. The molecule has 0 saturated carbocycles. The molecule has 0 heterocycles. The summed E-state index contributed by atoms with van der Waals surface area (Å²) in [7, 11) is 0. The predicted octanol–water partition coefficient (Wildman–Crippen LogP) is 8.20. The van der Waals surface area contributed by atoms with Gasteiger partial charge < -0.3 is 0 Å². The van der Waals surface area contributed by atoms with E-state index in [1.54, 1.807) is 5.57 Å². The Labute approximate surface area is 189 Å². The molecule has 0 bridgehead atoms. The molecule has 0 spiro atoms. The van der Waals surface area contributed by atoms with Gasteiger partial charge in [0.05, 0.1) is 0 Å². The average molecular weight is 409 g/mol. The van der Waals surface area contributed by atoms with Gasteiger partial charge in [-0.15, -0.1) is 0 Å². The first-order chi connectivity index (χ1) is 14.8. The van der Waals surface area contributed by atoms with Crippen LogP contribution in [0, 0.1) is 24.2 Å². The number of hydrogen-bond donors (Lipinski definition) is 0. The second-order valence-corrected chi connectivity index (χ2v) is 10.3. The lowest BCUT2D eigenvalue weighted by molar-refractivity contribution is 0.516. The van der Waals surface area contributed by atoms with Crippen molar-refractivity contribution in [2.75, 3.05) is 0 Å². The largest absolute Gasteiger partial charge is 0.0729 e. The Morgan fingerprint density at radius 1 is 0.774 bits per heavy atom. The fraction of sp³-hybridized carbons (Fsp3) is 0.355. The second-order valence-electron chi connectivity index (χ2n) is 10.3. The summed E-state index contributed by atoms with van der Waals surface area (Å²) >= 11 is 0. The van der Waals surface area contributed by atoms with Crippen LogP contribution in [0.3, 0.4) is 0 Å². The molecule has 2 unspecified atom stereocenters. The Kier molecular flexibility index (Phi) is 6.19. The van der Waals surface area contributed by atoms with Gasteiger partial charge in [0.2, 0.25) is 0 Å². The van der Waals surface area contributed by atoms with E-state index < -0.39 is 0 Å². The maximum atomic E-state index is 2.53. The lowest BCUT2D eigenvalue weighted by atomic mass is 9.83. The fourth-order valence-electron chi connectivity index (χ4n) is 4.80. The van der Waals surface area contributed by atoms with Gasteiger partial charge >= 0.3 is 0 Å². The van der Waals surface area contributed by atoms with E-state index in [0.717, 1.165) is 19.3 Å². The van der Waals surface area contributed by atoms with Crippen LogP contribution >= 0.6 is 0 Å². The van der Waals surface area contributed by atoms with E-state index in [9.17, 15) is 0 Å². The van der Waals surface area contributed by atoms with Crippen LogP contribution in [0.4, 0.5) is 0 Å². The maximum Gasteiger partial charge on any atom is 0.00674 e. The van der Waals surface area contributed by atoms with Crippen LogP contribution in [0.1, 0.15) is 50.8 Å². The molecule has 4 rings (SSSR count). The SMILES string of the molecule is Cc1ccc(CC2C=C(C(C)(C)C)C=C2C2=CC=C(CCc3ccccc3)C2C)cc1. The van der Waals surface area contributed by atoms with Gasteiger partial charge in [-0.25, -0.2) is 0 Å². The second kappa shape index (κ2) is 8.87. The summed E-state index contributed by atoms with van der Waals surface area (Å²) in [6, 6.07) is 19.9. The van der Waals surface area contributed by atoms with Crippen LogP contribution in [0.5, 0.6) is 0 Å². The summed E-state index contributed by atoms with van der Waals surface area (Å²) in [6.45, 7) is 11.6. The molecular weight excluding hydrogens is 372 g/mol. The van der Waals surface area contributed by atoms with Crippen LogP contribution in [0.25, 0.3) is 0 Å². The van der Waals surface area contributed by atoms with Crippen molar-refractivity contribution in [2.24, 2.45) is 17.3 Å². The molecular formula is C31H36. The first-order valence-corrected chi connectivity index (χ1v) is 11.8. The summed E-state index contributed by atoms with van der Waals surface area (Å²) in [4.78, 5) is 0. The molecule has 160 valence electrons. The van der Waals surface area contributed by atoms with E-state index in [1.807, 2.05) is 0 Å². The number of benzene rings is 2. The van der Waals surface area contributed by atoms with Crippen molar-refractivity contribution in [3.8, 4) is 0 Å². The van der Waals surface area contributed by atoms with Gasteiger partial charge in [-0.1, -0.05) is 118 Å². The number of aryl methyl sites for hydroxylation is 2. The highest BCUT2D eigenvalue weighted by molar-refractivity contribution is 5.55. The van der Waals surface area contributed by atoms with Gasteiger partial charge in [0, 0.05) is 11.8 Å². The maximum absolute atomic E-state index is 2.53. The molecule has 2 aliphatic rings. The third kappa shape index (κ3) is 5.01. The topological polar surface area (TPSA) is 0 Å². The van der Waals surface area contributed by atoms with Gasteiger partial charge in [-0.3, -0.25) is 0 Å². The highest BCUT2D eigenvalue weighted by Crippen LogP contribution is 2.44. The smallest absolute Gasteiger partial charge is 0.00674 e. The minimum absolute atomic E-state index is 0.180. The van der Waals surface area contributed by atoms with Gasteiger partial charge in [-0.05, 0) is 59.4 Å². The predicted molar refractivity (Wildman–Crippen MR) is 134 cm³/mol. The molecule has 2 aliphatic carbocycles. The van der Waals surface area contributed by atoms with Crippen molar-refractivity contribution in [1.29, 1.82) is 0 Å². The molecule has 0 N–H and O–H groups in total. The first kappa shape index (κ1) is 21.6. The third-order valence-electron chi connectivity index (χ3n) is 6.91. The van der Waals surface area contributed by atoms with E-state index >= 15 is 0 Å². The zero-order valence-electron chi connectivity index (χ0n) is 19.8. The molecule has 0 amide bonds. The van der Waals surface area contributed by atoms with E-state index in [2.05, 4.69) is 114 Å². The highest BCUT2D eigenvalue weighted by Gasteiger charge is 2.31. The molecule has 0 saturated heterocycles. The lowest BCUT2D eigenvalue weighted by Crippen LogP contribution is -2.10. The molecule has 0 heteroatoms. The molecule has 2 atom stereocenters. The Morgan fingerprint density at radius 3 is 2.16 bits per heavy atom. The number of allylic oxidation sites excluding steroid dienone is 8. The molecule has 31 heavy (non-hydrogen) atoms. The van der Waals surface area contributed by atoms with Crippen molar-refractivity contribution < 1.29 is 0 Å². The molecule has 0 nitrogen and oxygen atoms in total. The van der Waals surface area contributed by atoms with Gasteiger partial charge in [0.15, 0.2) is 0 Å². The zero-order chi connectivity index (χ0) is 22.0. The Hall–Kier alpha value is -2.60. The third-order valence-corrected chi connectivity index (χ3v) is 6.91. The molecule has 0 aromatic heterocycles. The van der Waals surface area contributed by atoms with Crippen molar-refractivity contribution in [1.82, 2.24) is 0 Å². The Balaban J connectivity index is 1.51. The summed E-state index contributed by atoms with van der Waals surface area (Å²) in [5, 5.41) is 0. The van der Waals surface area contributed by atoms with Gasteiger partial charge in [0.1, 0.15) is 0 Å². The Morgan fingerprint density at radius 2 is 1.48 bits per heavy atom. The standard InChI is InChI=1S/C31H36/c1-22-11-13-25(14-12-22)19-27-20-28(31(3,4)5)21-30(27)29-18-17-26(23(29)2)16-15-24-9-7-6-8-10-24/h6-14,17-18,20-21,23,27H,15-16,19H2,1-5H3. The minimum atomic E-state index is 0.180. The van der Waals surface area contributed by atoms with E-state index in [0.29, 0.717) is 11.8 Å². The van der Waals surface area contributed by atoms with Crippen molar-refractivity contribution in [3.05, 3.63) is 118 Å². The van der Waals surface area contributed by atoms with Crippen LogP contribution in [0.2, 0.25) is 0 Å². The fourth-order valence-corrected chi connectivity index (χ4v) is 4.80.